The summed E-state index contributed by atoms with van der Waals surface area (Å²) in [6.45, 7) is 2.09. The maximum absolute atomic E-state index is 13.1. The Kier molecular flexibility index (Phi) is 8.65. The van der Waals surface area contributed by atoms with Gasteiger partial charge in [0.15, 0.2) is 0 Å². The minimum absolute atomic E-state index is 0.173. The summed E-state index contributed by atoms with van der Waals surface area (Å²) in [6.07, 6.45) is 1.78. The normalized spacial score (nSPS) is 21.9. The van der Waals surface area contributed by atoms with E-state index in [0.29, 0.717) is 31.7 Å². The SMILES string of the molecule is CN(C)CCCNC(=O)[C@@H]1CC(=O)N2CCC[C@H]2C(=O)NCCOc2ccccc2C(=O)N1. The number of nitrogens with zero attached hydrogens (tertiary/aromatic N) is 2. The number of para-hydroxylation sites is 1. The zero-order valence-corrected chi connectivity index (χ0v) is 19.3. The summed E-state index contributed by atoms with van der Waals surface area (Å²) >= 11 is 0. The van der Waals surface area contributed by atoms with Crippen LogP contribution in [-0.4, -0.2) is 92.4 Å². The number of benzene rings is 1. The molecule has 3 rings (SSSR count). The number of rotatable bonds is 5. The Morgan fingerprint density at radius 3 is 2.82 bits per heavy atom. The van der Waals surface area contributed by atoms with Crippen molar-refractivity contribution in [2.45, 2.75) is 37.8 Å². The molecule has 1 fully saturated rings. The Labute approximate surface area is 194 Å². The number of hydrogen-bond acceptors (Lipinski definition) is 6. The minimum atomic E-state index is -1.07. The van der Waals surface area contributed by atoms with Gasteiger partial charge in [0.2, 0.25) is 17.7 Å². The lowest BCUT2D eigenvalue weighted by molar-refractivity contribution is -0.140. The molecule has 2 aliphatic heterocycles. The summed E-state index contributed by atoms with van der Waals surface area (Å²) in [6, 6.07) is 5.05. The second-order valence-electron chi connectivity index (χ2n) is 8.56. The van der Waals surface area contributed by atoms with E-state index < -0.39 is 23.9 Å². The first-order valence-electron chi connectivity index (χ1n) is 11.4. The molecule has 180 valence electrons. The van der Waals surface area contributed by atoms with Crippen LogP contribution in [0.3, 0.4) is 0 Å². The quantitative estimate of drug-likeness (QED) is 0.522. The molecule has 0 saturated carbocycles. The molecule has 1 aromatic rings. The third-order valence-corrected chi connectivity index (χ3v) is 5.75. The van der Waals surface area contributed by atoms with E-state index in [1.54, 1.807) is 24.3 Å². The second-order valence-corrected chi connectivity index (χ2v) is 8.56. The van der Waals surface area contributed by atoms with Crippen molar-refractivity contribution in [2.24, 2.45) is 0 Å². The van der Waals surface area contributed by atoms with E-state index in [0.717, 1.165) is 13.0 Å². The van der Waals surface area contributed by atoms with Crippen molar-refractivity contribution in [2.75, 3.05) is 46.9 Å². The van der Waals surface area contributed by atoms with Gasteiger partial charge in [-0.15, -0.1) is 0 Å². The van der Waals surface area contributed by atoms with Crippen LogP contribution >= 0.6 is 0 Å². The summed E-state index contributed by atoms with van der Waals surface area (Å²) in [4.78, 5) is 55.2. The molecule has 10 heteroatoms. The molecule has 0 radical (unpaired) electrons. The lowest BCUT2D eigenvalue weighted by Crippen LogP contribution is -2.52. The summed E-state index contributed by atoms with van der Waals surface area (Å²) in [5, 5.41) is 8.33. The van der Waals surface area contributed by atoms with Crippen molar-refractivity contribution in [3.8, 4) is 5.75 Å². The molecule has 0 bridgehead atoms. The number of ether oxygens (including phenoxy) is 1. The van der Waals surface area contributed by atoms with E-state index in [-0.39, 0.29) is 37.0 Å². The Morgan fingerprint density at radius 1 is 1.24 bits per heavy atom. The van der Waals surface area contributed by atoms with Crippen LogP contribution in [0.1, 0.15) is 36.0 Å². The molecule has 0 aromatic heterocycles. The smallest absolute Gasteiger partial charge is 0.255 e. The van der Waals surface area contributed by atoms with E-state index in [1.165, 1.54) is 4.90 Å². The van der Waals surface area contributed by atoms with Crippen LogP contribution in [0.25, 0.3) is 0 Å². The van der Waals surface area contributed by atoms with Crippen molar-refractivity contribution >= 4 is 23.6 Å². The highest BCUT2D eigenvalue weighted by atomic mass is 16.5. The lowest BCUT2D eigenvalue weighted by atomic mass is 10.1. The highest BCUT2D eigenvalue weighted by Gasteiger charge is 2.36. The van der Waals surface area contributed by atoms with Gasteiger partial charge in [-0.1, -0.05) is 12.1 Å². The van der Waals surface area contributed by atoms with E-state index in [4.69, 9.17) is 4.74 Å². The monoisotopic (exact) mass is 459 g/mol. The highest BCUT2D eigenvalue weighted by molar-refractivity contribution is 6.01. The average molecular weight is 460 g/mol. The van der Waals surface area contributed by atoms with Gasteiger partial charge >= 0.3 is 0 Å². The van der Waals surface area contributed by atoms with E-state index in [9.17, 15) is 19.2 Å². The zero-order valence-electron chi connectivity index (χ0n) is 19.3. The highest BCUT2D eigenvalue weighted by Crippen LogP contribution is 2.21. The zero-order chi connectivity index (χ0) is 23.8. The van der Waals surface area contributed by atoms with E-state index in [2.05, 4.69) is 16.0 Å². The predicted molar refractivity (Wildman–Crippen MR) is 122 cm³/mol. The summed E-state index contributed by atoms with van der Waals surface area (Å²) in [5.41, 5.74) is 0.262. The standard InChI is InChI=1S/C23H33N5O5/c1-27(2)12-6-10-24-22(31)17-15-20(29)28-13-5-8-18(28)23(32)25-11-14-33-19-9-4-3-7-16(19)21(30)26-17/h3-4,7,9,17-18H,5-6,8,10-15H2,1-2H3,(H,24,31)(H,25,32)(H,26,30)/t17-,18-/m0/s1. The van der Waals surface area contributed by atoms with Gasteiger partial charge in [-0.05, 0) is 52.0 Å². The molecule has 2 heterocycles. The minimum Gasteiger partial charge on any atom is -0.491 e. The van der Waals surface area contributed by atoms with Gasteiger partial charge in [-0.2, -0.15) is 0 Å². The molecule has 1 saturated heterocycles. The Morgan fingerprint density at radius 2 is 2.03 bits per heavy atom. The topological polar surface area (TPSA) is 120 Å². The molecule has 0 aliphatic carbocycles. The molecular formula is C23H33N5O5. The molecule has 3 N–H and O–H groups in total. The molecule has 0 unspecified atom stereocenters. The van der Waals surface area contributed by atoms with Gasteiger partial charge in [0.05, 0.1) is 18.5 Å². The second kappa shape index (κ2) is 11.6. The van der Waals surface area contributed by atoms with E-state index in [1.807, 2.05) is 19.0 Å². The Bertz CT molecular complexity index is 875. The number of carbonyl (C=O) groups is 4. The Hall–Kier alpha value is -3.14. The van der Waals surface area contributed by atoms with Crippen LogP contribution in [0.5, 0.6) is 5.75 Å². The van der Waals surface area contributed by atoms with Crippen molar-refractivity contribution in [3.63, 3.8) is 0 Å². The maximum atomic E-state index is 13.1. The van der Waals surface area contributed by atoms with Crippen LogP contribution < -0.4 is 20.7 Å². The fraction of sp³-hybridized carbons (Fsp3) is 0.565. The maximum Gasteiger partial charge on any atom is 0.255 e. The van der Waals surface area contributed by atoms with E-state index >= 15 is 0 Å². The summed E-state index contributed by atoms with van der Waals surface area (Å²) < 4.78 is 5.72. The number of nitrogens with one attached hydrogen (secondary N) is 3. The first-order chi connectivity index (χ1) is 15.9. The molecule has 1 aromatic carbocycles. The lowest BCUT2D eigenvalue weighted by Gasteiger charge is -2.27. The van der Waals surface area contributed by atoms with Gasteiger partial charge < -0.3 is 30.5 Å². The van der Waals surface area contributed by atoms with Gasteiger partial charge in [0.25, 0.3) is 5.91 Å². The van der Waals surface area contributed by atoms with Gasteiger partial charge in [-0.3, -0.25) is 19.2 Å². The fourth-order valence-electron chi connectivity index (χ4n) is 4.04. The van der Waals surface area contributed by atoms with Crippen LogP contribution in [0.15, 0.2) is 24.3 Å². The average Bonchev–Trinajstić information content (AvgIpc) is 3.28. The van der Waals surface area contributed by atoms with Crippen molar-refractivity contribution in [1.82, 2.24) is 25.8 Å². The number of amides is 4. The number of fused-ring (bicyclic) bond motifs is 2. The number of carbonyl (C=O) groups excluding carboxylic acids is 4. The molecule has 0 spiro atoms. The molecule has 2 atom stereocenters. The fourth-order valence-corrected chi connectivity index (χ4v) is 4.04. The third kappa shape index (κ3) is 6.67. The molecule has 4 amide bonds. The van der Waals surface area contributed by atoms with Crippen molar-refractivity contribution in [3.05, 3.63) is 29.8 Å². The van der Waals surface area contributed by atoms with Crippen molar-refractivity contribution in [1.29, 1.82) is 0 Å². The Balaban J connectivity index is 1.81. The van der Waals surface area contributed by atoms with Gasteiger partial charge in [0, 0.05) is 13.1 Å². The summed E-state index contributed by atoms with van der Waals surface area (Å²) in [7, 11) is 3.89. The molecule has 2 aliphatic rings. The summed E-state index contributed by atoms with van der Waals surface area (Å²) in [5.74, 6) is -1.14. The predicted octanol–water partition coefficient (Wildman–Crippen LogP) is -0.257. The van der Waals surface area contributed by atoms with Crippen LogP contribution in [0.4, 0.5) is 0 Å². The van der Waals surface area contributed by atoms with Gasteiger partial charge in [0.1, 0.15) is 24.4 Å². The molecule has 10 nitrogen and oxygen atoms in total. The first-order valence-corrected chi connectivity index (χ1v) is 11.4. The molecular weight excluding hydrogens is 426 g/mol. The van der Waals surface area contributed by atoms with Crippen LogP contribution in [0, 0.1) is 0 Å². The molecule has 33 heavy (non-hydrogen) atoms. The third-order valence-electron chi connectivity index (χ3n) is 5.75. The number of hydrogen-bond donors (Lipinski definition) is 3. The van der Waals surface area contributed by atoms with Crippen molar-refractivity contribution < 1.29 is 23.9 Å². The largest absolute Gasteiger partial charge is 0.491 e. The van der Waals surface area contributed by atoms with Crippen LogP contribution in [-0.2, 0) is 14.4 Å². The van der Waals surface area contributed by atoms with Gasteiger partial charge in [-0.25, -0.2) is 0 Å². The van der Waals surface area contributed by atoms with Crippen LogP contribution in [0.2, 0.25) is 0 Å². The first kappa shape index (κ1) is 24.5.